The summed E-state index contributed by atoms with van der Waals surface area (Å²) in [6.07, 6.45) is -0.231. The maximum Gasteiger partial charge on any atom is 0.251 e. The van der Waals surface area contributed by atoms with Crippen molar-refractivity contribution in [1.82, 2.24) is 4.90 Å². The molecule has 72 valence electrons. The summed E-state index contributed by atoms with van der Waals surface area (Å²) in [6.45, 7) is 0.643. The molecule has 0 radical (unpaired) electrons. The summed E-state index contributed by atoms with van der Waals surface area (Å²) >= 11 is 0. The molecule has 0 aromatic heterocycles. The molecule has 0 unspecified atom stereocenters. The van der Waals surface area contributed by atoms with Crippen molar-refractivity contribution in [2.75, 3.05) is 20.1 Å². The minimum atomic E-state index is -2.22. The Balaban J connectivity index is 2.06. The molecule has 0 aromatic rings. The summed E-state index contributed by atoms with van der Waals surface area (Å²) in [5, 5.41) is 0. The van der Waals surface area contributed by atoms with E-state index in [4.69, 9.17) is 5.73 Å². The molecule has 0 amide bonds. The van der Waals surface area contributed by atoms with Crippen LogP contribution >= 0.6 is 0 Å². The second-order valence-corrected chi connectivity index (χ2v) is 3.71. The van der Waals surface area contributed by atoms with E-state index in [1.165, 1.54) is 0 Å². The molecular formula is C8H16F2N2. The lowest BCUT2D eigenvalue weighted by Crippen LogP contribution is -2.42. The van der Waals surface area contributed by atoms with Gasteiger partial charge < -0.3 is 10.6 Å². The third-order valence-electron chi connectivity index (χ3n) is 2.29. The highest BCUT2D eigenvalue weighted by Gasteiger charge is 2.27. The van der Waals surface area contributed by atoms with Crippen LogP contribution < -0.4 is 5.73 Å². The van der Waals surface area contributed by atoms with Crippen LogP contribution in [0.4, 0.5) is 8.78 Å². The summed E-state index contributed by atoms with van der Waals surface area (Å²) in [6, 6.07) is 0.315. The van der Waals surface area contributed by atoms with Crippen LogP contribution in [0.1, 0.15) is 12.8 Å². The second-order valence-electron chi connectivity index (χ2n) is 3.71. The van der Waals surface area contributed by atoms with Crippen LogP contribution in [0.2, 0.25) is 0 Å². The Hall–Kier alpha value is -0.220. The van der Waals surface area contributed by atoms with Crippen LogP contribution in [0, 0.1) is 5.92 Å². The van der Waals surface area contributed by atoms with E-state index in [1.54, 1.807) is 11.9 Å². The van der Waals surface area contributed by atoms with Gasteiger partial charge in [-0.1, -0.05) is 0 Å². The van der Waals surface area contributed by atoms with Gasteiger partial charge in [0.15, 0.2) is 0 Å². The maximum absolute atomic E-state index is 11.9. The van der Waals surface area contributed by atoms with E-state index < -0.39 is 6.43 Å². The topological polar surface area (TPSA) is 29.3 Å². The fourth-order valence-electron chi connectivity index (χ4n) is 1.69. The number of hydrogen-bond acceptors (Lipinski definition) is 2. The first-order valence-electron chi connectivity index (χ1n) is 4.30. The zero-order valence-corrected chi connectivity index (χ0v) is 7.34. The van der Waals surface area contributed by atoms with E-state index in [2.05, 4.69) is 0 Å². The molecule has 0 saturated heterocycles. The predicted molar refractivity (Wildman–Crippen MR) is 44.2 cm³/mol. The molecule has 1 saturated carbocycles. The van der Waals surface area contributed by atoms with Crippen molar-refractivity contribution in [2.45, 2.75) is 25.3 Å². The fraction of sp³-hybridized carbons (Fsp3) is 1.00. The van der Waals surface area contributed by atoms with Crippen molar-refractivity contribution < 1.29 is 8.78 Å². The van der Waals surface area contributed by atoms with E-state index in [-0.39, 0.29) is 6.54 Å². The van der Waals surface area contributed by atoms with Gasteiger partial charge in [-0.2, -0.15) is 0 Å². The third-order valence-corrected chi connectivity index (χ3v) is 2.29. The summed E-state index contributed by atoms with van der Waals surface area (Å²) in [5.74, 6) is 0.545. The monoisotopic (exact) mass is 178 g/mol. The zero-order chi connectivity index (χ0) is 9.14. The van der Waals surface area contributed by atoms with Crippen molar-refractivity contribution in [2.24, 2.45) is 11.7 Å². The van der Waals surface area contributed by atoms with Gasteiger partial charge in [-0.3, -0.25) is 0 Å². The quantitative estimate of drug-likeness (QED) is 0.693. The van der Waals surface area contributed by atoms with E-state index in [1.807, 2.05) is 0 Å². The molecule has 1 fully saturated rings. The minimum Gasteiger partial charge on any atom is -0.328 e. The van der Waals surface area contributed by atoms with E-state index >= 15 is 0 Å². The Morgan fingerprint density at radius 1 is 1.50 bits per heavy atom. The van der Waals surface area contributed by atoms with Gasteiger partial charge in [-0.15, -0.1) is 0 Å². The van der Waals surface area contributed by atoms with Crippen molar-refractivity contribution in [3.8, 4) is 0 Å². The van der Waals surface area contributed by atoms with E-state index in [0.717, 1.165) is 19.4 Å². The zero-order valence-electron chi connectivity index (χ0n) is 7.34. The van der Waals surface area contributed by atoms with Crippen molar-refractivity contribution in [1.29, 1.82) is 0 Å². The van der Waals surface area contributed by atoms with Crippen LogP contribution in [0.5, 0.6) is 0 Å². The molecule has 2 nitrogen and oxygen atoms in total. The smallest absolute Gasteiger partial charge is 0.251 e. The Labute approximate surface area is 71.7 Å². The number of rotatable bonds is 4. The van der Waals surface area contributed by atoms with Crippen molar-refractivity contribution in [3.05, 3.63) is 0 Å². The standard InChI is InChI=1S/C8H16F2N2/c1-12(5-8(9)10)4-6-2-7(11)3-6/h6-8H,2-5,11H2,1H3. The normalized spacial score (nSPS) is 29.5. The summed E-state index contributed by atoms with van der Waals surface area (Å²) in [4.78, 5) is 1.68. The highest BCUT2D eigenvalue weighted by atomic mass is 19.3. The van der Waals surface area contributed by atoms with Gasteiger partial charge in [0.2, 0.25) is 0 Å². The molecule has 0 aliphatic heterocycles. The number of nitrogens with zero attached hydrogens (tertiary/aromatic N) is 1. The number of hydrogen-bond donors (Lipinski definition) is 1. The predicted octanol–water partition coefficient (Wildman–Crippen LogP) is 0.921. The molecule has 0 aromatic carbocycles. The van der Waals surface area contributed by atoms with E-state index in [0.29, 0.717) is 12.0 Å². The summed E-state index contributed by atoms with van der Waals surface area (Å²) < 4.78 is 23.7. The summed E-state index contributed by atoms with van der Waals surface area (Å²) in [7, 11) is 1.73. The van der Waals surface area contributed by atoms with Gasteiger partial charge in [0, 0.05) is 12.6 Å². The maximum atomic E-state index is 11.9. The lowest BCUT2D eigenvalue weighted by Gasteiger charge is -2.35. The molecule has 1 aliphatic carbocycles. The first-order valence-corrected chi connectivity index (χ1v) is 4.30. The molecule has 0 bridgehead atoms. The molecule has 1 rings (SSSR count). The molecule has 4 heteroatoms. The van der Waals surface area contributed by atoms with Gasteiger partial charge in [-0.05, 0) is 25.8 Å². The van der Waals surface area contributed by atoms with Crippen molar-refractivity contribution >= 4 is 0 Å². The van der Waals surface area contributed by atoms with Gasteiger partial charge in [0.25, 0.3) is 6.43 Å². The van der Waals surface area contributed by atoms with Crippen LogP contribution in [0.25, 0.3) is 0 Å². The molecule has 0 atom stereocenters. The van der Waals surface area contributed by atoms with Crippen LogP contribution in [-0.4, -0.2) is 37.5 Å². The molecule has 1 aliphatic rings. The number of nitrogens with two attached hydrogens (primary N) is 1. The second kappa shape index (κ2) is 4.14. The van der Waals surface area contributed by atoms with Gasteiger partial charge in [0.1, 0.15) is 0 Å². The Morgan fingerprint density at radius 3 is 2.50 bits per heavy atom. The number of halogens is 2. The van der Waals surface area contributed by atoms with Crippen LogP contribution in [0.15, 0.2) is 0 Å². The van der Waals surface area contributed by atoms with Crippen LogP contribution in [-0.2, 0) is 0 Å². The highest BCUT2D eigenvalue weighted by molar-refractivity contribution is 4.83. The van der Waals surface area contributed by atoms with Crippen LogP contribution in [0.3, 0.4) is 0 Å². The van der Waals surface area contributed by atoms with E-state index in [9.17, 15) is 8.78 Å². The fourth-order valence-corrected chi connectivity index (χ4v) is 1.69. The third kappa shape index (κ3) is 3.03. The lowest BCUT2D eigenvalue weighted by atomic mass is 9.81. The van der Waals surface area contributed by atoms with Gasteiger partial charge >= 0.3 is 0 Å². The molecule has 0 heterocycles. The molecular weight excluding hydrogens is 162 g/mol. The Bertz CT molecular complexity index is 135. The highest BCUT2D eigenvalue weighted by Crippen LogP contribution is 2.25. The summed E-state index contributed by atoms with van der Waals surface area (Å²) in [5.41, 5.74) is 5.58. The Morgan fingerprint density at radius 2 is 2.08 bits per heavy atom. The SMILES string of the molecule is CN(CC(F)F)CC1CC(N)C1. The first kappa shape index (κ1) is 9.86. The molecule has 12 heavy (non-hydrogen) atoms. The first-order chi connectivity index (χ1) is 5.58. The molecule has 0 spiro atoms. The molecule has 2 N–H and O–H groups in total. The average Bonchev–Trinajstić information content (AvgIpc) is 1.82. The van der Waals surface area contributed by atoms with Gasteiger partial charge in [-0.25, -0.2) is 8.78 Å². The Kier molecular flexibility index (Phi) is 3.40. The largest absolute Gasteiger partial charge is 0.328 e. The average molecular weight is 178 g/mol. The van der Waals surface area contributed by atoms with Crippen molar-refractivity contribution in [3.63, 3.8) is 0 Å². The number of alkyl halides is 2. The minimum absolute atomic E-state index is 0.119. The lowest BCUT2D eigenvalue weighted by molar-refractivity contribution is 0.0815. The van der Waals surface area contributed by atoms with Gasteiger partial charge in [0.05, 0.1) is 6.54 Å².